The van der Waals surface area contributed by atoms with Crippen LogP contribution in [0.1, 0.15) is 67.2 Å². The summed E-state index contributed by atoms with van der Waals surface area (Å²) in [6.07, 6.45) is -0.317. The van der Waals surface area contributed by atoms with Gasteiger partial charge in [0.1, 0.15) is 12.3 Å². The average Bonchev–Trinajstić information content (AvgIpc) is 3.55. The van der Waals surface area contributed by atoms with Crippen LogP contribution in [0.5, 0.6) is 0 Å². The van der Waals surface area contributed by atoms with Crippen LogP contribution >= 0.6 is 0 Å². The molecule has 1 aliphatic carbocycles. The van der Waals surface area contributed by atoms with Crippen LogP contribution in [0.25, 0.3) is 16.7 Å². The van der Waals surface area contributed by atoms with Gasteiger partial charge in [-0.3, -0.25) is 19.7 Å². The molecule has 1 fully saturated rings. The summed E-state index contributed by atoms with van der Waals surface area (Å²) in [5.41, 5.74) is 5.93. The molecule has 0 radical (unpaired) electrons. The number of hydrogen-bond donors (Lipinski definition) is 0. The largest absolute Gasteiger partial charge is 0.456 e. The number of benzene rings is 3. The van der Waals surface area contributed by atoms with E-state index < -0.39 is 33.4 Å². The lowest BCUT2D eigenvalue weighted by Gasteiger charge is -2.49. The molecule has 3 aliphatic rings. The monoisotopic (exact) mass is 740 g/mol. The quantitative estimate of drug-likeness (QED) is 0.0414. The number of esters is 1. The van der Waals surface area contributed by atoms with Crippen LogP contribution < -0.4 is 0 Å². The van der Waals surface area contributed by atoms with Crippen LogP contribution in [0.3, 0.4) is 0 Å². The smallest absolute Gasteiger partial charge is 0.355 e. The number of β-lactam (4-membered cyclic amide) rings is 1. The summed E-state index contributed by atoms with van der Waals surface area (Å²) in [6, 6.07) is 19.9. The van der Waals surface area contributed by atoms with Crippen molar-refractivity contribution < 1.29 is 32.9 Å². The number of carbonyl (C=O) groups is 3. The summed E-state index contributed by atoms with van der Waals surface area (Å²) in [4.78, 5) is 54.1. The van der Waals surface area contributed by atoms with Crippen LogP contribution in [-0.2, 0) is 36.4 Å². The Bertz CT molecular complexity index is 1960. The Morgan fingerprint density at radius 1 is 0.865 bits per heavy atom. The minimum Gasteiger partial charge on any atom is -0.456 e. The first-order chi connectivity index (χ1) is 24.6. The molecule has 6 rings (SSSR count). The lowest BCUT2D eigenvalue weighted by Crippen LogP contribution is -2.65. The zero-order valence-electron chi connectivity index (χ0n) is 31.3. The van der Waals surface area contributed by atoms with Gasteiger partial charge >= 0.3 is 5.97 Å². The Morgan fingerprint density at radius 2 is 1.50 bits per heavy atom. The Hall–Kier alpha value is -4.24. The third-order valence-corrected chi connectivity index (χ3v) is 16.9. The van der Waals surface area contributed by atoms with E-state index in [2.05, 4.69) is 40.4 Å². The molecule has 0 spiro atoms. The highest BCUT2D eigenvalue weighted by atomic mass is 28.4. The number of nitro benzene ring substituents is 1. The first kappa shape index (κ1) is 37.5. The summed E-state index contributed by atoms with van der Waals surface area (Å²) in [5.74, 6) is -1.51. The molecule has 52 heavy (non-hydrogen) atoms. The molecular weight excluding hydrogens is 693 g/mol. The topological polar surface area (TPSA) is 125 Å². The number of non-ortho nitro benzene ring substituents is 1. The molecule has 1 saturated heterocycles. The van der Waals surface area contributed by atoms with E-state index in [0.29, 0.717) is 28.9 Å². The fourth-order valence-electron chi connectivity index (χ4n) is 8.01. The highest BCUT2D eigenvalue weighted by Crippen LogP contribution is 2.52. The highest BCUT2D eigenvalue weighted by Gasteiger charge is 2.61. The fraction of sp³-hybridized carbons (Fsp3) is 0.425. The van der Waals surface area contributed by atoms with Crippen molar-refractivity contribution in [3.8, 4) is 11.1 Å². The van der Waals surface area contributed by atoms with Crippen molar-refractivity contribution in [1.82, 2.24) is 4.90 Å². The van der Waals surface area contributed by atoms with Gasteiger partial charge in [0.05, 0.1) is 29.6 Å². The molecule has 1 amide bonds. The van der Waals surface area contributed by atoms with E-state index in [1.165, 1.54) is 12.1 Å². The summed E-state index contributed by atoms with van der Waals surface area (Å²) in [6.45, 7) is 17.2. The lowest BCUT2D eigenvalue weighted by molar-refractivity contribution is -0.384. The SMILES string of the molecule is CC[Si](CC)(CC)O[C@H](C)[C@H]1C(=O)N2C(C(=O)OCc3ccc([N+](=O)[O-])cc3)=C(c3ccc4c(c3)-c3ccc(CO[Si](C)(C)C)cc3C4=O)[C@H](C)[C@H]12. The number of ketones is 1. The van der Waals surface area contributed by atoms with Crippen molar-refractivity contribution in [1.29, 1.82) is 0 Å². The van der Waals surface area contributed by atoms with Gasteiger partial charge in [-0.1, -0.05) is 45.9 Å². The van der Waals surface area contributed by atoms with E-state index in [-0.39, 0.29) is 47.7 Å². The third kappa shape index (κ3) is 6.73. The number of rotatable bonds is 14. The van der Waals surface area contributed by atoms with Gasteiger partial charge in [0.15, 0.2) is 22.4 Å². The second-order valence-corrected chi connectivity index (χ2v) is 24.4. The van der Waals surface area contributed by atoms with Crippen molar-refractivity contribution in [2.45, 2.75) is 97.8 Å². The molecule has 10 nitrogen and oxygen atoms in total. The summed E-state index contributed by atoms with van der Waals surface area (Å²) in [7, 11) is -3.78. The zero-order chi connectivity index (χ0) is 37.7. The maximum atomic E-state index is 14.1. The predicted octanol–water partition coefficient (Wildman–Crippen LogP) is 8.50. The lowest BCUT2D eigenvalue weighted by atomic mass is 9.76. The van der Waals surface area contributed by atoms with Crippen LogP contribution in [0.15, 0.2) is 66.4 Å². The van der Waals surface area contributed by atoms with E-state index >= 15 is 0 Å². The summed E-state index contributed by atoms with van der Waals surface area (Å²) >= 11 is 0. The van der Waals surface area contributed by atoms with Crippen molar-refractivity contribution >= 4 is 45.6 Å². The van der Waals surface area contributed by atoms with E-state index in [1.807, 2.05) is 50.2 Å². The van der Waals surface area contributed by atoms with E-state index in [0.717, 1.165) is 40.4 Å². The number of nitro groups is 1. The standard InChI is InChI=1S/C40H48N2O8Si2/c1-9-52(10-2,11-3)50-25(5)35-36-24(4)34(37(41(36)39(35)44)40(45)48-22-26-12-16-29(17-13-26)42(46)47)28-15-19-31-32(21-28)30-18-14-27(20-33(30)38(31)43)23-49-51(6,7)8/h12-21,24-25,35-36H,9-11,22-23H2,1-8H3/t24-,25+,35+,36+/m0/s1. The molecule has 2 heterocycles. The molecule has 0 unspecified atom stereocenters. The Balaban J connectivity index is 1.36. The summed E-state index contributed by atoms with van der Waals surface area (Å²) in [5, 5.41) is 11.1. The number of fused-ring (bicyclic) bond motifs is 4. The van der Waals surface area contributed by atoms with E-state index in [9.17, 15) is 24.5 Å². The van der Waals surface area contributed by atoms with Crippen LogP contribution in [0.4, 0.5) is 5.69 Å². The van der Waals surface area contributed by atoms with Crippen LogP contribution in [-0.4, -0.2) is 56.3 Å². The fourth-order valence-corrected chi connectivity index (χ4v) is 11.5. The van der Waals surface area contributed by atoms with Gasteiger partial charge in [-0.15, -0.1) is 0 Å². The van der Waals surface area contributed by atoms with Gasteiger partial charge in [-0.05, 0) is 108 Å². The molecule has 0 aromatic heterocycles. The Labute approximate surface area is 307 Å². The maximum absolute atomic E-state index is 14.1. The predicted molar refractivity (Wildman–Crippen MR) is 204 cm³/mol. The number of nitrogens with zero attached hydrogens (tertiary/aromatic N) is 2. The van der Waals surface area contributed by atoms with Crippen molar-refractivity contribution in [3.05, 3.63) is 104 Å². The molecule has 12 heteroatoms. The second-order valence-electron chi connectivity index (χ2n) is 15.2. The average molecular weight is 741 g/mol. The number of amides is 1. The van der Waals surface area contributed by atoms with Crippen molar-refractivity contribution in [2.75, 3.05) is 0 Å². The number of hydrogen-bond acceptors (Lipinski definition) is 8. The molecule has 4 atom stereocenters. The molecule has 0 N–H and O–H groups in total. The number of ether oxygens (including phenoxy) is 1. The minimum atomic E-state index is -2.03. The van der Waals surface area contributed by atoms with Gasteiger partial charge in [0.25, 0.3) is 5.69 Å². The first-order valence-corrected chi connectivity index (χ1v) is 24.2. The maximum Gasteiger partial charge on any atom is 0.355 e. The van der Waals surface area contributed by atoms with Gasteiger partial charge in [0.2, 0.25) is 5.91 Å². The van der Waals surface area contributed by atoms with Crippen molar-refractivity contribution in [3.63, 3.8) is 0 Å². The molecule has 3 aromatic rings. The minimum absolute atomic E-state index is 0.0527. The zero-order valence-corrected chi connectivity index (χ0v) is 33.3. The highest BCUT2D eigenvalue weighted by molar-refractivity contribution is 6.73. The van der Waals surface area contributed by atoms with Gasteiger partial charge in [-0.25, -0.2) is 4.79 Å². The Kier molecular flexibility index (Phi) is 10.3. The molecule has 0 saturated carbocycles. The van der Waals surface area contributed by atoms with Crippen LogP contribution in [0, 0.1) is 22.0 Å². The van der Waals surface area contributed by atoms with Gasteiger partial charge in [-0.2, -0.15) is 0 Å². The van der Waals surface area contributed by atoms with Crippen molar-refractivity contribution in [2.24, 2.45) is 11.8 Å². The van der Waals surface area contributed by atoms with E-state index in [4.69, 9.17) is 13.6 Å². The first-order valence-electron chi connectivity index (χ1n) is 18.3. The number of carbonyl (C=O) groups excluding carboxylic acids is 3. The normalized spacial score (nSPS) is 20.0. The summed E-state index contributed by atoms with van der Waals surface area (Å²) < 4.78 is 18.7. The van der Waals surface area contributed by atoms with Gasteiger partial charge in [0, 0.05) is 29.2 Å². The Morgan fingerprint density at radius 3 is 2.12 bits per heavy atom. The molecule has 274 valence electrons. The van der Waals surface area contributed by atoms with Crippen LogP contribution in [0.2, 0.25) is 37.8 Å². The molecule has 2 aliphatic heterocycles. The second kappa shape index (κ2) is 14.3. The third-order valence-electron chi connectivity index (χ3n) is 11.1. The molecule has 0 bridgehead atoms. The van der Waals surface area contributed by atoms with Gasteiger partial charge < -0.3 is 18.5 Å². The molecular formula is C40H48N2O8Si2. The molecule has 3 aromatic carbocycles. The van der Waals surface area contributed by atoms with E-state index in [1.54, 1.807) is 17.0 Å².